The van der Waals surface area contributed by atoms with E-state index in [-0.39, 0.29) is 41.5 Å². The molecule has 1 saturated carbocycles. The standard InChI is InChI=1S/C20H23FN2O.ClH/c1-14(18(22)15-5-3-2-4-6-15)19(24)23-13-20(11-12-20)16-7-9-17(21)10-8-16;/h2-10,14,18H,11-13,22H2,1H3,(H,23,24);1H. The molecule has 0 bridgehead atoms. The lowest BCUT2D eigenvalue weighted by molar-refractivity contribution is -0.125. The summed E-state index contributed by atoms with van der Waals surface area (Å²) in [7, 11) is 0. The van der Waals surface area contributed by atoms with Gasteiger partial charge < -0.3 is 11.1 Å². The maximum atomic E-state index is 13.1. The van der Waals surface area contributed by atoms with Crippen LogP contribution < -0.4 is 11.1 Å². The first-order chi connectivity index (χ1) is 11.5. The molecule has 1 aliphatic carbocycles. The van der Waals surface area contributed by atoms with Crippen molar-refractivity contribution in [1.82, 2.24) is 5.32 Å². The zero-order valence-corrected chi connectivity index (χ0v) is 15.1. The van der Waals surface area contributed by atoms with E-state index in [4.69, 9.17) is 5.73 Å². The summed E-state index contributed by atoms with van der Waals surface area (Å²) in [6.07, 6.45) is 2.02. The molecular formula is C20H24ClFN2O. The van der Waals surface area contributed by atoms with Crippen LogP contribution >= 0.6 is 12.4 Å². The van der Waals surface area contributed by atoms with Gasteiger partial charge in [-0.3, -0.25) is 4.79 Å². The van der Waals surface area contributed by atoms with Crippen molar-refractivity contribution in [3.8, 4) is 0 Å². The molecule has 1 aliphatic rings. The minimum Gasteiger partial charge on any atom is -0.355 e. The fraction of sp³-hybridized carbons (Fsp3) is 0.350. The number of carbonyl (C=O) groups excluding carboxylic acids is 1. The Morgan fingerprint density at radius 3 is 2.32 bits per heavy atom. The van der Waals surface area contributed by atoms with Gasteiger partial charge in [-0.15, -0.1) is 12.4 Å². The molecule has 2 aromatic rings. The maximum Gasteiger partial charge on any atom is 0.224 e. The van der Waals surface area contributed by atoms with Crippen molar-refractivity contribution >= 4 is 18.3 Å². The summed E-state index contributed by atoms with van der Waals surface area (Å²) in [5, 5.41) is 3.04. The zero-order valence-electron chi connectivity index (χ0n) is 14.2. The molecule has 0 heterocycles. The van der Waals surface area contributed by atoms with Gasteiger partial charge in [-0.1, -0.05) is 49.4 Å². The van der Waals surface area contributed by atoms with Crippen LogP contribution in [0.2, 0.25) is 0 Å². The molecule has 0 aliphatic heterocycles. The average molecular weight is 363 g/mol. The Kier molecular flexibility index (Phi) is 6.20. The molecule has 3 nitrogen and oxygen atoms in total. The molecule has 2 aromatic carbocycles. The number of halogens is 2. The summed E-state index contributed by atoms with van der Waals surface area (Å²) in [4.78, 5) is 12.5. The summed E-state index contributed by atoms with van der Waals surface area (Å²) < 4.78 is 13.1. The highest BCUT2D eigenvalue weighted by Crippen LogP contribution is 2.47. The van der Waals surface area contributed by atoms with Crippen molar-refractivity contribution < 1.29 is 9.18 Å². The summed E-state index contributed by atoms with van der Waals surface area (Å²) in [6, 6.07) is 15.9. The van der Waals surface area contributed by atoms with E-state index < -0.39 is 0 Å². The van der Waals surface area contributed by atoms with Crippen LogP contribution in [0.5, 0.6) is 0 Å². The van der Waals surface area contributed by atoms with Gasteiger partial charge in [0.1, 0.15) is 5.82 Å². The fourth-order valence-corrected chi connectivity index (χ4v) is 3.07. The average Bonchev–Trinajstić information content (AvgIpc) is 3.41. The van der Waals surface area contributed by atoms with E-state index in [2.05, 4.69) is 5.32 Å². The molecule has 134 valence electrons. The molecule has 3 rings (SSSR count). The van der Waals surface area contributed by atoms with Gasteiger partial charge in [0.15, 0.2) is 0 Å². The third-order valence-electron chi connectivity index (χ3n) is 5.05. The Morgan fingerprint density at radius 2 is 1.76 bits per heavy atom. The Balaban J connectivity index is 0.00000225. The Labute approximate surface area is 154 Å². The number of benzene rings is 2. The van der Waals surface area contributed by atoms with Gasteiger partial charge in [0.25, 0.3) is 0 Å². The van der Waals surface area contributed by atoms with E-state index in [1.165, 1.54) is 12.1 Å². The lowest BCUT2D eigenvalue weighted by Crippen LogP contribution is -2.39. The monoisotopic (exact) mass is 362 g/mol. The van der Waals surface area contributed by atoms with E-state index >= 15 is 0 Å². The molecule has 5 heteroatoms. The second-order valence-corrected chi connectivity index (χ2v) is 6.73. The topological polar surface area (TPSA) is 55.1 Å². The SMILES string of the molecule is CC(C(=O)NCC1(c2ccc(F)cc2)CC1)C(N)c1ccccc1.Cl. The van der Waals surface area contributed by atoms with E-state index in [0.29, 0.717) is 6.54 Å². The highest BCUT2D eigenvalue weighted by molar-refractivity contribution is 5.85. The van der Waals surface area contributed by atoms with Gasteiger partial charge in [-0.2, -0.15) is 0 Å². The van der Waals surface area contributed by atoms with Gasteiger partial charge in [0.05, 0.1) is 5.92 Å². The molecule has 0 radical (unpaired) electrons. The largest absolute Gasteiger partial charge is 0.355 e. The minimum atomic E-state index is -0.327. The van der Waals surface area contributed by atoms with Crippen molar-refractivity contribution in [3.05, 3.63) is 71.5 Å². The number of nitrogens with two attached hydrogens (primary N) is 1. The molecular weight excluding hydrogens is 339 g/mol. The third kappa shape index (κ3) is 4.39. The Bertz CT molecular complexity index is 701. The molecule has 0 saturated heterocycles. The molecule has 1 fully saturated rings. The third-order valence-corrected chi connectivity index (χ3v) is 5.05. The highest BCUT2D eigenvalue weighted by Gasteiger charge is 2.44. The summed E-state index contributed by atoms with van der Waals surface area (Å²) >= 11 is 0. The van der Waals surface area contributed by atoms with Crippen LogP contribution in [-0.4, -0.2) is 12.5 Å². The second-order valence-electron chi connectivity index (χ2n) is 6.73. The van der Waals surface area contributed by atoms with Gasteiger partial charge in [-0.05, 0) is 36.1 Å². The van der Waals surface area contributed by atoms with Crippen LogP contribution in [0.1, 0.15) is 36.9 Å². The predicted molar refractivity (Wildman–Crippen MR) is 100 cm³/mol. The lowest BCUT2D eigenvalue weighted by Gasteiger charge is -2.22. The molecule has 1 amide bonds. The summed E-state index contributed by atoms with van der Waals surface area (Å²) in [5.41, 5.74) is 8.22. The fourth-order valence-electron chi connectivity index (χ4n) is 3.07. The first-order valence-corrected chi connectivity index (χ1v) is 8.36. The first kappa shape index (κ1) is 19.4. The number of nitrogens with one attached hydrogen (secondary N) is 1. The van der Waals surface area contributed by atoms with Gasteiger partial charge in [0.2, 0.25) is 5.91 Å². The van der Waals surface area contributed by atoms with Crippen LogP contribution in [0.4, 0.5) is 4.39 Å². The number of hydrogen-bond donors (Lipinski definition) is 2. The Hall–Kier alpha value is -1.91. The predicted octanol–water partition coefficient (Wildman–Crippen LogP) is 3.73. The van der Waals surface area contributed by atoms with Crippen LogP contribution in [0.25, 0.3) is 0 Å². The van der Waals surface area contributed by atoms with Crippen LogP contribution in [0.3, 0.4) is 0 Å². The second kappa shape index (κ2) is 7.98. The van der Waals surface area contributed by atoms with Gasteiger partial charge in [0, 0.05) is 18.0 Å². The quantitative estimate of drug-likeness (QED) is 0.822. The zero-order chi connectivity index (χ0) is 17.2. The first-order valence-electron chi connectivity index (χ1n) is 8.36. The molecule has 3 N–H and O–H groups in total. The van der Waals surface area contributed by atoms with E-state index in [0.717, 1.165) is 24.0 Å². The number of carbonyl (C=O) groups is 1. The van der Waals surface area contributed by atoms with Crippen molar-refractivity contribution in [1.29, 1.82) is 0 Å². The van der Waals surface area contributed by atoms with Gasteiger partial charge >= 0.3 is 0 Å². The summed E-state index contributed by atoms with van der Waals surface area (Å²) in [5.74, 6) is -0.586. The lowest BCUT2D eigenvalue weighted by atomic mass is 9.93. The molecule has 2 atom stereocenters. The van der Waals surface area contributed by atoms with Crippen LogP contribution in [-0.2, 0) is 10.2 Å². The van der Waals surface area contributed by atoms with Crippen LogP contribution in [0.15, 0.2) is 54.6 Å². The van der Waals surface area contributed by atoms with Gasteiger partial charge in [-0.25, -0.2) is 4.39 Å². The van der Waals surface area contributed by atoms with Crippen molar-refractivity contribution in [2.24, 2.45) is 11.7 Å². The maximum absolute atomic E-state index is 13.1. The van der Waals surface area contributed by atoms with Crippen LogP contribution in [0, 0.1) is 11.7 Å². The smallest absolute Gasteiger partial charge is 0.224 e. The number of hydrogen-bond acceptors (Lipinski definition) is 2. The summed E-state index contributed by atoms with van der Waals surface area (Å²) in [6.45, 7) is 2.42. The molecule has 0 aromatic heterocycles. The van der Waals surface area contributed by atoms with E-state index in [9.17, 15) is 9.18 Å². The van der Waals surface area contributed by atoms with E-state index in [1.807, 2.05) is 49.4 Å². The van der Waals surface area contributed by atoms with Crippen molar-refractivity contribution in [2.75, 3.05) is 6.54 Å². The molecule has 25 heavy (non-hydrogen) atoms. The minimum absolute atomic E-state index is 0. The number of amides is 1. The Morgan fingerprint density at radius 1 is 1.16 bits per heavy atom. The van der Waals surface area contributed by atoms with Crippen molar-refractivity contribution in [2.45, 2.75) is 31.2 Å². The van der Waals surface area contributed by atoms with Crippen molar-refractivity contribution in [3.63, 3.8) is 0 Å². The molecule has 2 unspecified atom stereocenters. The normalized spacial score (nSPS) is 17.1. The molecule has 0 spiro atoms. The highest BCUT2D eigenvalue weighted by atomic mass is 35.5. The number of rotatable bonds is 6. The van der Waals surface area contributed by atoms with E-state index in [1.54, 1.807) is 0 Å².